The van der Waals surface area contributed by atoms with Gasteiger partial charge in [0.15, 0.2) is 0 Å². The lowest BCUT2D eigenvalue weighted by atomic mass is 9.82. The maximum atomic E-state index is 12.6. The monoisotopic (exact) mass is 309 g/mol. The van der Waals surface area contributed by atoms with Gasteiger partial charge in [-0.3, -0.25) is 4.79 Å². The minimum Gasteiger partial charge on any atom is -0.326 e. The molecular formula is C18H31NOS. The molecule has 3 heteroatoms. The van der Waals surface area contributed by atoms with Crippen molar-refractivity contribution in [2.75, 3.05) is 6.26 Å². The molecule has 0 aliphatic rings. The Bertz CT molecular complexity index is 417. The van der Waals surface area contributed by atoms with E-state index in [1.54, 1.807) is 11.8 Å². The average Bonchev–Trinajstić information content (AvgIpc) is 2.40. The average molecular weight is 310 g/mol. The standard InChI is InChI=1S/C18H31NOS/c1-8-10-12-15(13-11-9-2)19-16(20)17(3,4)14-18(5,6)21-7/h8,10-13H,9,14H2,1-7H3,(H,19,20)/b10-8-,13-11-,15-12+. The van der Waals surface area contributed by atoms with E-state index < -0.39 is 5.41 Å². The molecule has 0 aliphatic carbocycles. The highest BCUT2D eigenvalue weighted by atomic mass is 32.2. The molecule has 120 valence electrons. The van der Waals surface area contributed by atoms with Crippen LogP contribution in [0.3, 0.4) is 0 Å². The largest absolute Gasteiger partial charge is 0.326 e. The molecular weight excluding hydrogens is 278 g/mol. The van der Waals surface area contributed by atoms with Crippen LogP contribution in [0, 0.1) is 5.41 Å². The van der Waals surface area contributed by atoms with E-state index >= 15 is 0 Å². The van der Waals surface area contributed by atoms with Crippen LogP contribution in [0.25, 0.3) is 0 Å². The first-order chi connectivity index (χ1) is 9.68. The van der Waals surface area contributed by atoms with E-state index in [9.17, 15) is 4.79 Å². The fourth-order valence-corrected chi connectivity index (χ4v) is 2.61. The lowest BCUT2D eigenvalue weighted by Crippen LogP contribution is -2.40. The first-order valence-electron chi connectivity index (χ1n) is 7.54. The van der Waals surface area contributed by atoms with Gasteiger partial charge in [-0.25, -0.2) is 0 Å². The fraction of sp³-hybridized carbons (Fsp3) is 0.611. The number of carbonyl (C=O) groups is 1. The van der Waals surface area contributed by atoms with Crippen molar-refractivity contribution in [3.63, 3.8) is 0 Å². The second-order valence-corrected chi connectivity index (χ2v) is 7.95. The topological polar surface area (TPSA) is 29.1 Å². The number of rotatable bonds is 8. The van der Waals surface area contributed by atoms with Crippen LogP contribution in [-0.4, -0.2) is 16.9 Å². The summed E-state index contributed by atoms with van der Waals surface area (Å²) >= 11 is 1.80. The van der Waals surface area contributed by atoms with Gasteiger partial charge in [0.2, 0.25) is 5.91 Å². The molecule has 0 radical (unpaired) electrons. The minimum absolute atomic E-state index is 0.0705. The molecule has 1 N–H and O–H groups in total. The third-order valence-electron chi connectivity index (χ3n) is 3.29. The van der Waals surface area contributed by atoms with Crippen molar-refractivity contribution in [1.82, 2.24) is 5.32 Å². The van der Waals surface area contributed by atoms with Crippen molar-refractivity contribution >= 4 is 17.7 Å². The van der Waals surface area contributed by atoms with Gasteiger partial charge in [0.1, 0.15) is 0 Å². The van der Waals surface area contributed by atoms with Gasteiger partial charge in [0, 0.05) is 15.9 Å². The number of nitrogens with one attached hydrogen (secondary N) is 1. The van der Waals surface area contributed by atoms with E-state index in [2.05, 4.69) is 38.4 Å². The molecule has 0 aromatic carbocycles. The second kappa shape index (κ2) is 9.14. The van der Waals surface area contributed by atoms with Crippen LogP contribution >= 0.6 is 11.8 Å². The highest BCUT2D eigenvalue weighted by Crippen LogP contribution is 2.35. The summed E-state index contributed by atoms with van der Waals surface area (Å²) in [6.07, 6.45) is 13.7. The third kappa shape index (κ3) is 8.15. The van der Waals surface area contributed by atoms with E-state index in [-0.39, 0.29) is 10.7 Å². The Morgan fingerprint density at radius 3 is 2.33 bits per heavy atom. The summed E-state index contributed by atoms with van der Waals surface area (Å²) in [4.78, 5) is 12.6. The lowest BCUT2D eigenvalue weighted by Gasteiger charge is -2.32. The van der Waals surface area contributed by atoms with E-state index in [4.69, 9.17) is 0 Å². The Labute approximate surface area is 135 Å². The molecule has 0 saturated heterocycles. The zero-order chi connectivity index (χ0) is 16.5. The molecule has 0 aromatic rings. The van der Waals surface area contributed by atoms with Crippen LogP contribution in [0.5, 0.6) is 0 Å². The van der Waals surface area contributed by atoms with Crippen molar-refractivity contribution in [2.45, 2.75) is 59.1 Å². The van der Waals surface area contributed by atoms with Crippen molar-refractivity contribution in [3.8, 4) is 0 Å². The molecule has 0 fully saturated rings. The summed E-state index contributed by atoms with van der Waals surface area (Å²) in [5, 5.41) is 3.05. The maximum Gasteiger partial charge on any atom is 0.230 e. The van der Waals surface area contributed by atoms with Gasteiger partial charge >= 0.3 is 0 Å². The van der Waals surface area contributed by atoms with E-state index in [0.717, 1.165) is 18.5 Å². The van der Waals surface area contributed by atoms with Crippen LogP contribution in [0.2, 0.25) is 0 Å². The summed E-state index contributed by atoms with van der Waals surface area (Å²) in [6.45, 7) is 12.4. The number of hydrogen-bond donors (Lipinski definition) is 1. The van der Waals surface area contributed by atoms with Gasteiger partial charge in [-0.05, 0) is 38.2 Å². The van der Waals surface area contributed by atoms with Gasteiger partial charge < -0.3 is 5.32 Å². The minimum atomic E-state index is -0.401. The van der Waals surface area contributed by atoms with Crippen molar-refractivity contribution in [3.05, 3.63) is 36.1 Å². The Hall–Kier alpha value is -0.960. The van der Waals surface area contributed by atoms with Gasteiger partial charge in [-0.15, -0.1) is 0 Å². The molecule has 0 aliphatic heterocycles. The van der Waals surface area contributed by atoms with Crippen molar-refractivity contribution in [1.29, 1.82) is 0 Å². The number of amides is 1. The molecule has 0 atom stereocenters. The molecule has 21 heavy (non-hydrogen) atoms. The summed E-state index contributed by atoms with van der Waals surface area (Å²) < 4.78 is 0.0906. The van der Waals surface area contributed by atoms with Gasteiger partial charge in [-0.2, -0.15) is 11.8 Å². The van der Waals surface area contributed by atoms with E-state index in [1.165, 1.54) is 0 Å². The zero-order valence-electron chi connectivity index (χ0n) is 14.6. The first-order valence-corrected chi connectivity index (χ1v) is 8.77. The number of thioether (sulfide) groups is 1. The molecule has 0 heterocycles. The maximum absolute atomic E-state index is 12.6. The number of hydrogen-bond acceptors (Lipinski definition) is 2. The Morgan fingerprint density at radius 2 is 1.86 bits per heavy atom. The molecule has 0 bridgehead atoms. The summed E-state index contributed by atoms with van der Waals surface area (Å²) in [7, 11) is 0. The summed E-state index contributed by atoms with van der Waals surface area (Å²) in [5.41, 5.74) is 0.441. The van der Waals surface area contributed by atoms with Gasteiger partial charge in [0.05, 0.1) is 0 Å². The molecule has 0 saturated carbocycles. The molecule has 0 aromatic heterocycles. The normalized spacial score (nSPS) is 14.1. The predicted molar refractivity (Wildman–Crippen MR) is 96.5 cm³/mol. The SMILES string of the molecule is C\C=C/C=C(\C=C/CC)NC(=O)C(C)(C)CC(C)(C)SC. The number of allylic oxidation sites excluding steroid dienone is 5. The Morgan fingerprint density at radius 1 is 1.24 bits per heavy atom. The van der Waals surface area contributed by atoms with Crippen LogP contribution in [-0.2, 0) is 4.79 Å². The highest BCUT2D eigenvalue weighted by Gasteiger charge is 2.34. The lowest BCUT2D eigenvalue weighted by molar-refractivity contribution is -0.129. The van der Waals surface area contributed by atoms with Crippen molar-refractivity contribution < 1.29 is 4.79 Å². The molecule has 0 rings (SSSR count). The second-order valence-electron chi connectivity index (χ2n) is 6.44. The summed E-state index contributed by atoms with van der Waals surface area (Å²) in [6, 6.07) is 0. The van der Waals surface area contributed by atoms with Crippen molar-refractivity contribution in [2.24, 2.45) is 5.41 Å². The third-order valence-corrected chi connectivity index (χ3v) is 4.54. The number of carbonyl (C=O) groups excluding carboxylic acids is 1. The highest BCUT2D eigenvalue weighted by molar-refractivity contribution is 7.99. The molecule has 0 unspecified atom stereocenters. The fourth-order valence-electron chi connectivity index (χ4n) is 2.10. The predicted octanol–water partition coefficient (Wildman–Crippen LogP) is 5.09. The van der Waals surface area contributed by atoms with Crippen LogP contribution in [0.15, 0.2) is 36.1 Å². The van der Waals surface area contributed by atoms with Gasteiger partial charge in [-0.1, -0.05) is 52.8 Å². The van der Waals surface area contributed by atoms with Crippen LogP contribution < -0.4 is 5.32 Å². The van der Waals surface area contributed by atoms with Gasteiger partial charge in [0.25, 0.3) is 0 Å². The molecule has 1 amide bonds. The first kappa shape index (κ1) is 20.0. The van der Waals surface area contributed by atoms with E-state index in [0.29, 0.717) is 0 Å². The Balaban J connectivity index is 5.00. The van der Waals surface area contributed by atoms with E-state index in [1.807, 2.05) is 45.1 Å². The van der Waals surface area contributed by atoms with Crippen LogP contribution in [0.1, 0.15) is 54.4 Å². The molecule has 2 nitrogen and oxygen atoms in total. The Kier molecular flexibility index (Phi) is 8.72. The molecule has 0 spiro atoms. The smallest absolute Gasteiger partial charge is 0.230 e. The van der Waals surface area contributed by atoms with Crippen LogP contribution in [0.4, 0.5) is 0 Å². The quantitative estimate of drug-likeness (QED) is 0.633. The summed E-state index contributed by atoms with van der Waals surface area (Å²) in [5.74, 6) is 0.0705. The zero-order valence-corrected chi connectivity index (χ0v) is 15.4.